The van der Waals surface area contributed by atoms with Crippen LogP contribution in [0, 0.1) is 6.92 Å². The van der Waals surface area contributed by atoms with Crippen molar-refractivity contribution in [3.8, 4) is 11.3 Å². The van der Waals surface area contributed by atoms with Crippen LogP contribution in [0.15, 0.2) is 54.6 Å². The van der Waals surface area contributed by atoms with Gasteiger partial charge in [0.15, 0.2) is 0 Å². The van der Waals surface area contributed by atoms with E-state index in [0.29, 0.717) is 24.7 Å². The number of rotatable bonds is 6. The number of hydrogen-bond acceptors (Lipinski definition) is 3. The van der Waals surface area contributed by atoms with E-state index in [1.807, 2.05) is 44.2 Å². The van der Waals surface area contributed by atoms with E-state index in [0.717, 1.165) is 48.1 Å². The lowest BCUT2D eigenvalue weighted by molar-refractivity contribution is -0.134. The fourth-order valence-corrected chi connectivity index (χ4v) is 5.61. The van der Waals surface area contributed by atoms with E-state index in [1.165, 1.54) is 12.0 Å². The van der Waals surface area contributed by atoms with Gasteiger partial charge in [-0.25, -0.2) is 0 Å². The number of nitrogens with one attached hydrogen (secondary N) is 1. The van der Waals surface area contributed by atoms with Crippen molar-refractivity contribution in [2.75, 3.05) is 0 Å². The molecule has 2 heterocycles. The maximum absolute atomic E-state index is 14.0. The van der Waals surface area contributed by atoms with Crippen LogP contribution < -0.4 is 5.32 Å². The van der Waals surface area contributed by atoms with Crippen molar-refractivity contribution >= 4 is 11.8 Å². The van der Waals surface area contributed by atoms with Crippen molar-refractivity contribution in [1.29, 1.82) is 0 Å². The molecule has 2 amide bonds. The molecule has 1 N–H and O–H groups in total. The van der Waals surface area contributed by atoms with Crippen molar-refractivity contribution in [2.24, 2.45) is 0 Å². The summed E-state index contributed by atoms with van der Waals surface area (Å²) < 4.78 is 1.74. The SMILES string of the molecule is Cc1ccccc1CN1C(=O)c2cc(-c3ccc(C(C)C)cc3)nn2CC1(C)C(=O)NC1CCCCC1. The van der Waals surface area contributed by atoms with E-state index in [-0.39, 0.29) is 17.9 Å². The Bertz CT molecular complexity index is 1290. The maximum Gasteiger partial charge on any atom is 0.273 e. The summed E-state index contributed by atoms with van der Waals surface area (Å²) in [5.41, 5.74) is 4.62. The molecule has 2 aromatic carbocycles. The topological polar surface area (TPSA) is 67.2 Å². The highest BCUT2D eigenvalue weighted by Gasteiger charge is 2.48. The molecule has 5 rings (SSSR count). The van der Waals surface area contributed by atoms with E-state index < -0.39 is 5.54 Å². The van der Waals surface area contributed by atoms with Gasteiger partial charge in [-0.3, -0.25) is 14.3 Å². The Kier molecular flexibility index (Phi) is 6.93. The molecule has 1 fully saturated rings. The monoisotopic (exact) mass is 498 g/mol. The molecule has 1 aromatic heterocycles. The molecule has 37 heavy (non-hydrogen) atoms. The van der Waals surface area contributed by atoms with Crippen LogP contribution >= 0.6 is 0 Å². The average Bonchev–Trinajstić information content (AvgIpc) is 3.32. The molecule has 0 bridgehead atoms. The highest BCUT2D eigenvalue weighted by Crippen LogP contribution is 2.33. The Labute approximate surface area is 220 Å². The molecule has 2 aliphatic rings. The molecular weight excluding hydrogens is 460 g/mol. The number of aromatic nitrogens is 2. The van der Waals surface area contributed by atoms with Crippen LogP contribution in [0.2, 0.25) is 0 Å². The second kappa shape index (κ2) is 10.2. The third-order valence-electron chi connectivity index (χ3n) is 8.19. The third-order valence-corrected chi connectivity index (χ3v) is 8.19. The van der Waals surface area contributed by atoms with E-state index in [1.54, 1.807) is 9.58 Å². The Balaban J connectivity index is 1.50. The summed E-state index contributed by atoms with van der Waals surface area (Å²) in [4.78, 5) is 29.6. The fourth-order valence-electron chi connectivity index (χ4n) is 5.61. The van der Waals surface area contributed by atoms with Crippen LogP contribution in [0.3, 0.4) is 0 Å². The minimum atomic E-state index is -1.05. The summed E-state index contributed by atoms with van der Waals surface area (Å²) >= 11 is 0. The molecule has 3 aromatic rings. The van der Waals surface area contributed by atoms with E-state index in [4.69, 9.17) is 5.10 Å². The standard InChI is InChI=1S/C31H38N4O2/c1-21(2)23-14-16-24(17-15-23)27-18-28-29(36)34(19-25-11-9-8-10-22(25)3)31(4,20-35(28)33-27)30(37)32-26-12-6-5-7-13-26/h8-11,14-18,21,26H,5-7,12-13,19-20H2,1-4H3,(H,32,37). The number of aryl methyl sites for hydroxylation is 1. The average molecular weight is 499 g/mol. The second-order valence-corrected chi connectivity index (χ2v) is 11.2. The molecular formula is C31H38N4O2. The van der Waals surface area contributed by atoms with Crippen molar-refractivity contribution in [1.82, 2.24) is 20.0 Å². The van der Waals surface area contributed by atoms with Gasteiger partial charge in [0.1, 0.15) is 11.2 Å². The highest BCUT2D eigenvalue weighted by molar-refractivity contribution is 6.00. The lowest BCUT2D eigenvalue weighted by Gasteiger charge is -2.44. The molecule has 0 radical (unpaired) electrons. The normalized spacial score (nSPS) is 20.2. The molecule has 1 unspecified atom stereocenters. The number of carbonyl (C=O) groups is 2. The predicted octanol–water partition coefficient (Wildman–Crippen LogP) is 5.85. The fraction of sp³-hybridized carbons (Fsp3) is 0.452. The van der Waals surface area contributed by atoms with Gasteiger partial charge < -0.3 is 10.2 Å². The summed E-state index contributed by atoms with van der Waals surface area (Å²) in [5.74, 6) is 0.197. The van der Waals surface area contributed by atoms with Crippen LogP contribution in [0.5, 0.6) is 0 Å². The molecule has 194 valence electrons. The molecule has 1 aliphatic heterocycles. The number of carbonyl (C=O) groups excluding carboxylic acids is 2. The molecule has 6 heteroatoms. The Hall–Kier alpha value is -3.41. The number of nitrogens with zero attached hydrogens (tertiary/aromatic N) is 3. The van der Waals surface area contributed by atoms with Crippen molar-refractivity contribution in [2.45, 2.75) is 90.4 Å². The van der Waals surface area contributed by atoms with Crippen LogP contribution in [-0.4, -0.2) is 38.1 Å². The van der Waals surface area contributed by atoms with Crippen LogP contribution in [-0.2, 0) is 17.9 Å². The minimum Gasteiger partial charge on any atom is -0.351 e. The Morgan fingerprint density at radius 3 is 2.46 bits per heavy atom. The van der Waals surface area contributed by atoms with Gasteiger partial charge in [0.25, 0.3) is 5.91 Å². The van der Waals surface area contributed by atoms with Crippen LogP contribution in [0.4, 0.5) is 0 Å². The van der Waals surface area contributed by atoms with Gasteiger partial charge in [0.05, 0.1) is 12.2 Å². The molecule has 1 saturated carbocycles. The summed E-state index contributed by atoms with van der Waals surface area (Å²) in [5, 5.41) is 8.11. The molecule has 6 nitrogen and oxygen atoms in total. The summed E-state index contributed by atoms with van der Waals surface area (Å²) in [6, 6.07) is 18.5. The van der Waals surface area contributed by atoms with Gasteiger partial charge in [-0.15, -0.1) is 0 Å². The predicted molar refractivity (Wildman–Crippen MR) is 146 cm³/mol. The minimum absolute atomic E-state index is 0.0923. The first-order valence-corrected chi connectivity index (χ1v) is 13.6. The van der Waals surface area contributed by atoms with Crippen LogP contribution in [0.25, 0.3) is 11.3 Å². The first-order valence-electron chi connectivity index (χ1n) is 13.6. The van der Waals surface area contributed by atoms with E-state index in [2.05, 4.69) is 43.4 Å². The maximum atomic E-state index is 14.0. The zero-order valence-electron chi connectivity index (χ0n) is 22.5. The third kappa shape index (κ3) is 4.94. The number of hydrogen-bond donors (Lipinski definition) is 1. The Morgan fingerprint density at radius 1 is 1.08 bits per heavy atom. The van der Waals surface area contributed by atoms with Crippen molar-refractivity contribution in [3.63, 3.8) is 0 Å². The van der Waals surface area contributed by atoms with Crippen molar-refractivity contribution in [3.05, 3.63) is 77.0 Å². The molecule has 1 aliphatic carbocycles. The quantitative estimate of drug-likeness (QED) is 0.464. The zero-order valence-corrected chi connectivity index (χ0v) is 22.5. The lowest BCUT2D eigenvalue weighted by atomic mass is 9.91. The largest absolute Gasteiger partial charge is 0.351 e. The summed E-state index contributed by atoms with van der Waals surface area (Å²) in [6.07, 6.45) is 5.48. The van der Waals surface area contributed by atoms with Gasteiger partial charge in [0, 0.05) is 18.2 Å². The first kappa shape index (κ1) is 25.2. The number of benzene rings is 2. The number of fused-ring (bicyclic) bond motifs is 1. The molecule has 1 atom stereocenters. The Morgan fingerprint density at radius 2 is 1.78 bits per heavy atom. The van der Waals surface area contributed by atoms with Gasteiger partial charge in [-0.05, 0) is 55.4 Å². The van der Waals surface area contributed by atoms with E-state index >= 15 is 0 Å². The van der Waals surface area contributed by atoms with E-state index in [9.17, 15) is 9.59 Å². The molecule has 0 spiro atoms. The highest BCUT2D eigenvalue weighted by atomic mass is 16.2. The van der Waals surface area contributed by atoms with Gasteiger partial charge in [0.2, 0.25) is 5.91 Å². The van der Waals surface area contributed by atoms with Crippen LogP contribution in [0.1, 0.15) is 86.0 Å². The first-order chi connectivity index (χ1) is 17.8. The van der Waals surface area contributed by atoms with Gasteiger partial charge >= 0.3 is 0 Å². The lowest BCUT2D eigenvalue weighted by Crippen LogP contribution is -2.64. The van der Waals surface area contributed by atoms with Gasteiger partial charge in [-0.1, -0.05) is 81.6 Å². The smallest absolute Gasteiger partial charge is 0.273 e. The number of amides is 2. The summed E-state index contributed by atoms with van der Waals surface area (Å²) in [6.45, 7) is 8.98. The zero-order chi connectivity index (χ0) is 26.2. The summed E-state index contributed by atoms with van der Waals surface area (Å²) in [7, 11) is 0. The molecule has 0 saturated heterocycles. The second-order valence-electron chi connectivity index (χ2n) is 11.2. The van der Waals surface area contributed by atoms with Gasteiger partial charge in [-0.2, -0.15) is 5.10 Å². The van der Waals surface area contributed by atoms with Crippen molar-refractivity contribution < 1.29 is 9.59 Å².